The zero-order chi connectivity index (χ0) is 15.4. The van der Waals surface area contributed by atoms with Crippen molar-refractivity contribution in [2.45, 2.75) is 12.2 Å². The largest absolute Gasteiger partial charge is 0.481 e. The van der Waals surface area contributed by atoms with Crippen LogP contribution in [0.3, 0.4) is 0 Å². The van der Waals surface area contributed by atoms with E-state index in [1.54, 1.807) is 12.4 Å². The van der Waals surface area contributed by atoms with E-state index in [4.69, 9.17) is 21.1 Å². The Morgan fingerprint density at radius 3 is 3.00 bits per heavy atom. The van der Waals surface area contributed by atoms with Crippen molar-refractivity contribution in [1.82, 2.24) is 10.3 Å². The third kappa shape index (κ3) is 3.55. The van der Waals surface area contributed by atoms with Gasteiger partial charge in [0.05, 0.1) is 11.6 Å². The third-order valence-electron chi connectivity index (χ3n) is 3.45. The fourth-order valence-electron chi connectivity index (χ4n) is 2.39. The second-order valence-electron chi connectivity index (χ2n) is 5.01. The lowest BCUT2D eigenvalue weighted by Gasteiger charge is -2.31. The Balaban J connectivity index is 1.87. The van der Waals surface area contributed by atoms with Gasteiger partial charge < -0.3 is 14.8 Å². The number of nitrogens with one attached hydrogen (secondary N) is 1. The lowest BCUT2D eigenvalue weighted by molar-refractivity contribution is -0.0433. The molecule has 1 unspecified atom stereocenters. The van der Waals surface area contributed by atoms with Gasteiger partial charge >= 0.3 is 0 Å². The summed E-state index contributed by atoms with van der Waals surface area (Å²) in [7, 11) is 0. The van der Waals surface area contributed by atoms with E-state index >= 15 is 0 Å². The number of nitrogens with zero attached hydrogens (tertiary/aromatic N) is 1. The number of hydrogen-bond donors (Lipinski definition) is 1. The van der Waals surface area contributed by atoms with Crippen LogP contribution in [0.25, 0.3) is 0 Å². The Morgan fingerprint density at radius 1 is 1.41 bits per heavy atom. The first kappa shape index (κ1) is 15.2. The fourth-order valence-corrected chi connectivity index (χ4v) is 2.60. The van der Waals surface area contributed by atoms with Crippen LogP contribution < -0.4 is 10.1 Å². The highest BCUT2D eigenvalue weighted by molar-refractivity contribution is 6.32. The molecule has 0 saturated carbocycles. The number of halogens is 2. The molecule has 3 rings (SSSR count). The molecule has 1 aliphatic heterocycles. The highest BCUT2D eigenvalue weighted by Gasteiger charge is 2.28. The van der Waals surface area contributed by atoms with Crippen molar-refractivity contribution in [1.29, 1.82) is 0 Å². The molecule has 1 saturated heterocycles. The lowest BCUT2D eigenvalue weighted by Crippen LogP contribution is -2.43. The molecule has 0 radical (unpaired) electrons. The number of morpholine rings is 1. The molecule has 2 aromatic rings. The van der Waals surface area contributed by atoms with Gasteiger partial charge in [-0.05, 0) is 24.3 Å². The Kier molecular flexibility index (Phi) is 4.87. The molecular weight excluding hydrogens is 307 g/mol. The number of pyridine rings is 1. The molecule has 22 heavy (non-hydrogen) atoms. The third-order valence-corrected chi connectivity index (χ3v) is 3.75. The van der Waals surface area contributed by atoms with Crippen LogP contribution >= 0.6 is 11.6 Å². The SMILES string of the molecule is Fc1ccc(O[C@H](c2cccnc2)C2CNCCO2)c(Cl)c1. The molecular formula is C16H16ClFN2O2. The molecule has 116 valence electrons. The van der Waals surface area contributed by atoms with Gasteiger partial charge in [0, 0.05) is 31.0 Å². The first-order valence-corrected chi connectivity index (χ1v) is 7.46. The van der Waals surface area contributed by atoms with Gasteiger partial charge in [0.1, 0.15) is 17.7 Å². The van der Waals surface area contributed by atoms with Gasteiger partial charge in [-0.15, -0.1) is 0 Å². The average Bonchev–Trinajstić information content (AvgIpc) is 2.56. The predicted octanol–water partition coefficient (Wildman–Crippen LogP) is 2.98. The summed E-state index contributed by atoms with van der Waals surface area (Å²) in [5.41, 5.74) is 0.886. The van der Waals surface area contributed by atoms with E-state index < -0.39 is 5.82 Å². The minimum absolute atomic E-state index is 0.168. The Labute approximate surface area is 133 Å². The van der Waals surface area contributed by atoms with E-state index in [1.807, 2.05) is 12.1 Å². The number of hydrogen-bond acceptors (Lipinski definition) is 4. The Morgan fingerprint density at radius 2 is 2.32 bits per heavy atom. The van der Waals surface area contributed by atoms with Crippen molar-refractivity contribution in [2.75, 3.05) is 19.7 Å². The van der Waals surface area contributed by atoms with Crippen molar-refractivity contribution in [3.63, 3.8) is 0 Å². The summed E-state index contributed by atoms with van der Waals surface area (Å²) in [6.07, 6.45) is 2.90. The van der Waals surface area contributed by atoms with E-state index in [9.17, 15) is 4.39 Å². The minimum atomic E-state index is -0.397. The highest BCUT2D eigenvalue weighted by atomic mass is 35.5. The van der Waals surface area contributed by atoms with Gasteiger partial charge in [-0.3, -0.25) is 4.98 Å². The quantitative estimate of drug-likeness (QED) is 0.940. The summed E-state index contributed by atoms with van der Waals surface area (Å²) in [4.78, 5) is 4.13. The molecule has 0 spiro atoms. The highest BCUT2D eigenvalue weighted by Crippen LogP contribution is 2.32. The summed E-state index contributed by atoms with van der Waals surface area (Å²) in [6, 6.07) is 7.84. The van der Waals surface area contributed by atoms with Crippen molar-refractivity contribution >= 4 is 11.6 Å². The van der Waals surface area contributed by atoms with E-state index in [0.29, 0.717) is 18.9 Å². The molecule has 1 aliphatic rings. The average molecular weight is 323 g/mol. The lowest BCUT2D eigenvalue weighted by atomic mass is 10.1. The summed E-state index contributed by atoms with van der Waals surface area (Å²) >= 11 is 6.06. The standard InChI is InChI=1S/C16H16ClFN2O2/c17-13-8-12(18)3-4-14(13)22-16(11-2-1-5-19-9-11)15-10-20-6-7-21-15/h1-5,8-9,15-16,20H,6-7,10H2/t15?,16-/m1/s1. The Bertz CT molecular complexity index is 621. The normalized spacial score (nSPS) is 19.6. The number of rotatable bonds is 4. The zero-order valence-corrected chi connectivity index (χ0v) is 12.6. The smallest absolute Gasteiger partial charge is 0.153 e. The molecule has 1 N–H and O–H groups in total. The first-order chi connectivity index (χ1) is 10.7. The Hall–Kier alpha value is -1.69. The first-order valence-electron chi connectivity index (χ1n) is 7.08. The molecule has 2 heterocycles. The summed E-state index contributed by atoms with van der Waals surface area (Å²) in [5.74, 6) is 0.0250. The van der Waals surface area contributed by atoms with E-state index in [-0.39, 0.29) is 17.2 Å². The van der Waals surface area contributed by atoms with Crippen LogP contribution in [0, 0.1) is 5.82 Å². The summed E-state index contributed by atoms with van der Waals surface area (Å²) < 4.78 is 25.0. The second-order valence-corrected chi connectivity index (χ2v) is 5.42. The molecule has 2 atom stereocenters. The van der Waals surface area contributed by atoms with Crippen LogP contribution in [-0.4, -0.2) is 30.8 Å². The molecule has 1 aromatic heterocycles. The minimum Gasteiger partial charge on any atom is -0.481 e. The van der Waals surface area contributed by atoms with Gasteiger partial charge in [0.15, 0.2) is 6.10 Å². The molecule has 0 aliphatic carbocycles. The van der Waals surface area contributed by atoms with E-state index in [0.717, 1.165) is 12.1 Å². The van der Waals surface area contributed by atoms with Crippen molar-refractivity contribution in [2.24, 2.45) is 0 Å². The molecule has 6 heteroatoms. The van der Waals surface area contributed by atoms with Crippen LogP contribution in [0.1, 0.15) is 11.7 Å². The molecule has 4 nitrogen and oxygen atoms in total. The van der Waals surface area contributed by atoms with Gasteiger partial charge in [-0.2, -0.15) is 0 Å². The predicted molar refractivity (Wildman–Crippen MR) is 81.6 cm³/mol. The molecule has 1 aromatic carbocycles. The van der Waals surface area contributed by atoms with Gasteiger partial charge in [0.25, 0.3) is 0 Å². The number of aromatic nitrogens is 1. The van der Waals surface area contributed by atoms with E-state index in [1.165, 1.54) is 18.2 Å². The van der Waals surface area contributed by atoms with Crippen LogP contribution in [0.5, 0.6) is 5.75 Å². The monoisotopic (exact) mass is 322 g/mol. The summed E-state index contributed by atoms with van der Waals surface area (Å²) in [6.45, 7) is 2.09. The summed E-state index contributed by atoms with van der Waals surface area (Å²) in [5, 5.41) is 3.51. The van der Waals surface area contributed by atoms with Crippen LogP contribution in [0.2, 0.25) is 5.02 Å². The number of ether oxygens (including phenoxy) is 2. The molecule has 1 fully saturated rings. The van der Waals surface area contributed by atoms with Crippen LogP contribution in [-0.2, 0) is 4.74 Å². The van der Waals surface area contributed by atoms with Gasteiger partial charge in [-0.1, -0.05) is 17.7 Å². The second kappa shape index (κ2) is 7.05. The molecule has 0 amide bonds. The van der Waals surface area contributed by atoms with Gasteiger partial charge in [0.2, 0.25) is 0 Å². The fraction of sp³-hybridized carbons (Fsp3) is 0.312. The maximum atomic E-state index is 13.2. The number of benzene rings is 1. The van der Waals surface area contributed by atoms with E-state index in [2.05, 4.69) is 10.3 Å². The van der Waals surface area contributed by atoms with Crippen molar-refractivity contribution in [3.05, 3.63) is 59.1 Å². The maximum Gasteiger partial charge on any atom is 0.153 e. The molecule has 0 bridgehead atoms. The maximum absolute atomic E-state index is 13.2. The van der Waals surface area contributed by atoms with Crippen molar-refractivity contribution < 1.29 is 13.9 Å². The van der Waals surface area contributed by atoms with Crippen LogP contribution in [0.15, 0.2) is 42.7 Å². The van der Waals surface area contributed by atoms with Crippen LogP contribution in [0.4, 0.5) is 4.39 Å². The van der Waals surface area contributed by atoms with Gasteiger partial charge in [-0.25, -0.2) is 4.39 Å². The van der Waals surface area contributed by atoms with Crippen molar-refractivity contribution in [3.8, 4) is 5.75 Å². The zero-order valence-electron chi connectivity index (χ0n) is 11.8. The topological polar surface area (TPSA) is 43.4 Å².